The number of halogens is 1. The van der Waals surface area contributed by atoms with Gasteiger partial charge in [-0.25, -0.2) is 8.42 Å². The Hall–Kier alpha value is -2.27. The van der Waals surface area contributed by atoms with Crippen molar-refractivity contribution < 1.29 is 17.6 Å². The molecule has 4 rings (SSSR count). The van der Waals surface area contributed by atoms with Crippen LogP contribution in [0.4, 0.5) is 6.01 Å². The molecule has 1 fully saturated rings. The summed E-state index contributed by atoms with van der Waals surface area (Å²) in [6.07, 6.45) is 2.74. The van der Waals surface area contributed by atoms with E-state index in [1.807, 2.05) is 6.92 Å². The summed E-state index contributed by atoms with van der Waals surface area (Å²) in [5, 5.41) is 10.2. The smallest absolute Gasteiger partial charge is 0.322 e. The Morgan fingerprint density at radius 1 is 1.20 bits per heavy atom. The normalized spacial score (nSPS) is 17.7. The molecule has 1 amide bonds. The summed E-state index contributed by atoms with van der Waals surface area (Å²) >= 11 is 7.18. The number of carbonyl (C=O) groups excluding carboxylic acids is 1. The Labute approximate surface area is 182 Å². The Morgan fingerprint density at radius 3 is 2.63 bits per heavy atom. The van der Waals surface area contributed by atoms with Crippen molar-refractivity contribution in [1.82, 2.24) is 14.5 Å². The fraction of sp³-hybridized carbons (Fsp3) is 0.316. The molecule has 1 N–H and O–H groups in total. The molecule has 0 radical (unpaired) electrons. The van der Waals surface area contributed by atoms with Gasteiger partial charge in [-0.15, -0.1) is 16.4 Å². The number of thiophene rings is 1. The predicted octanol–water partition coefficient (Wildman–Crippen LogP) is 4.27. The average Bonchev–Trinajstić information content (AvgIpc) is 3.37. The summed E-state index contributed by atoms with van der Waals surface area (Å²) in [4.78, 5) is 13.3. The maximum absolute atomic E-state index is 12.9. The Bertz CT molecular complexity index is 1160. The number of aromatic nitrogens is 2. The van der Waals surface area contributed by atoms with Crippen LogP contribution in [0.15, 0.2) is 45.7 Å². The van der Waals surface area contributed by atoms with E-state index in [0.29, 0.717) is 15.8 Å². The van der Waals surface area contributed by atoms with Crippen LogP contribution in [0.5, 0.6) is 0 Å². The van der Waals surface area contributed by atoms with Crippen LogP contribution in [0.1, 0.15) is 36.5 Å². The van der Waals surface area contributed by atoms with Gasteiger partial charge in [0.2, 0.25) is 10.0 Å². The summed E-state index contributed by atoms with van der Waals surface area (Å²) in [6, 6.07) is 9.19. The number of nitrogens with one attached hydrogen (secondary N) is 1. The number of carbonyl (C=O) groups is 1. The first-order chi connectivity index (χ1) is 14.3. The summed E-state index contributed by atoms with van der Waals surface area (Å²) in [7, 11) is -3.59. The molecule has 0 saturated carbocycles. The van der Waals surface area contributed by atoms with Gasteiger partial charge in [-0.3, -0.25) is 10.1 Å². The summed E-state index contributed by atoms with van der Waals surface area (Å²) in [5.74, 6) is -0.232. The first kappa shape index (κ1) is 21.0. The molecule has 0 aliphatic carbocycles. The van der Waals surface area contributed by atoms with Crippen molar-refractivity contribution in [2.45, 2.75) is 37.1 Å². The topological polar surface area (TPSA) is 105 Å². The monoisotopic (exact) mass is 466 g/mol. The van der Waals surface area contributed by atoms with Crippen molar-refractivity contribution in [1.29, 1.82) is 0 Å². The fourth-order valence-electron chi connectivity index (χ4n) is 3.31. The molecule has 3 heterocycles. The largest absolute Gasteiger partial charge is 0.402 e. The minimum absolute atomic E-state index is 0.0309. The Kier molecular flexibility index (Phi) is 5.92. The molecule has 1 aliphatic rings. The standard InChI is InChI=1S/C19H19ClN4O4S2/c1-12-4-2-3-11-24(12)30(26,27)14-7-5-13(6-8-14)17(25)21-19-23-22-18(28-19)15-9-10-16(20)29-15/h5-10,12H,2-4,11H2,1H3,(H,21,23,25)/t12-/m0/s1. The van der Waals surface area contributed by atoms with Crippen LogP contribution >= 0.6 is 22.9 Å². The molecule has 3 aromatic rings. The molecular formula is C19H19ClN4O4S2. The first-order valence-electron chi connectivity index (χ1n) is 9.37. The van der Waals surface area contributed by atoms with E-state index in [9.17, 15) is 13.2 Å². The summed E-state index contributed by atoms with van der Waals surface area (Å²) < 4.78 is 33.3. The van der Waals surface area contributed by atoms with Crippen molar-refractivity contribution >= 4 is 44.9 Å². The Balaban J connectivity index is 1.46. The van der Waals surface area contributed by atoms with E-state index in [0.717, 1.165) is 19.3 Å². The van der Waals surface area contributed by atoms with Crippen molar-refractivity contribution in [3.63, 3.8) is 0 Å². The third-order valence-electron chi connectivity index (χ3n) is 4.89. The molecule has 0 unspecified atom stereocenters. The molecule has 11 heteroatoms. The highest BCUT2D eigenvalue weighted by molar-refractivity contribution is 7.89. The fourth-order valence-corrected chi connectivity index (χ4v) is 5.98. The molecule has 2 aromatic heterocycles. The molecule has 0 bridgehead atoms. The van der Waals surface area contributed by atoms with Crippen LogP contribution in [0.3, 0.4) is 0 Å². The van der Waals surface area contributed by atoms with Crippen molar-refractivity contribution in [3.05, 3.63) is 46.3 Å². The number of sulfonamides is 1. The second kappa shape index (κ2) is 8.46. The molecule has 1 saturated heterocycles. The van der Waals surface area contributed by atoms with E-state index in [1.165, 1.54) is 39.9 Å². The number of amides is 1. The van der Waals surface area contributed by atoms with Crippen molar-refractivity contribution in [2.75, 3.05) is 11.9 Å². The van der Waals surface area contributed by atoms with Gasteiger partial charge in [0.1, 0.15) is 0 Å². The van der Waals surface area contributed by atoms with Crippen molar-refractivity contribution in [3.8, 4) is 10.8 Å². The molecule has 1 aromatic carbocycles. The molecular weight excluding hydrogens is 448 g/mol. The first-order valence-corrected chi connectivity index (χ1v) is 12.0. The van der Waals surface area contributed by atoms with E-state index in [-0.39, 0.29) is 28.4 Å². The van der Waals surface area contributed by atoms with Crippen LogP contribution in [0, 0.1) is 0 Å². The number of nitrogens with zero attached hydrogens (tertiary/aromatic N) is 3. The molecule has 30 heavy (non-hydrogen) atoms. The van der Waals surface area contributed by atoms with Gasteiger partial charge in [0.15, 0.2) is 0 Å². The van der Waals surface area contributed by atoms with Crippen molar-refractivity contribution in [2.24, 2.45) is 0 Å². The lowest BCUT2D eigenvalue weighted by Gasteiger charge is -2.32. The highest BCUT2D eigenvalue weighted by Gasteiger charge is 2.31. The maximum atomic E-state index is 12.9. The zero-order valence-corrected chi connectivity index (χ0v) is 18.4. The second-order valence-electron chi connectivity index (χ2n) is 6.96. The second-order valence-corrected chi connectivity index (χ2v) is 10.6. The zero-order valence-electron chi connectivity index (χ0n) is 16.0. The molecule has 158 valence electrons. The van der Waals surface area contributed by atoms with Crippen LogP contribution < -0.4 is 5.32 Å². The van der Waals surface area contributed by atoms with E-state index in [2.05, 4.69) is 15.5 Å². The lowest BCUT2D eigenvalue weighted by atomic mass is 10.1. The maximum Gasteiger partial charge on any atom is 0.322 e. The van der Waals surface area contributed by atoms with Crippen LogP contribution in [-0.4, -0.2) is 41.4 Å². The van der Waals surface area contributed by atoms with E-state index in [1.54, 1.807) is 12.1 Å². The van der Waals surface area contributed by atoms with Gasteiger partial charge in [0.05, 0.1) is 14.1 Å². The van der Waals surface area contributed by atoms with Gasteiger partial charge >= 0.3 is 6.01 Å². The van der Waals surface area contributed by atoms with Crippen LogP contribution in [0.25, 0.3) is 10.8 Å². The molecule has 1 aliphatic heterocycles. The van der Waals surface area contributed by atoms with Gasteiger partial charge in [0.25, 0.3) is 11.8 Å². The SMILES string of the molecule is C[C@H]1CCCCN1S(=O)(=O)c1ccc(C(=O)Nc2nnc(-c3ccc(Cl)s3)o2)cc1. The highest BCUT2D eigenvalue weighted by Crippen LogP contribution is 2.31. The number of piperidine rings is 1. The van der Waals surface area contributed by atoms with Gasteiger partial charge in [-0.05, 0) is 56.2 Å². The molecule has 8 nitrogen and oxygen atoms in total. The average molecular weight is 467 g/mol. The van der Waals surface area contributed by atoms with E-state index in [4.69, 9.17) is 16.0 Å². The summed E-state index contributed by atoms with van der Waals surface area (Å²) in [6.45, 7) is 2.43. The predicted molar refractivity (Wildman–Crippen MR) is 114 cm³/mol. The number of anilines is 1. The minimum Gasteiger partial charge on any atom is -0.402 e. The quantitative estimate of drug-likeness (QED) is 0.602. The van der Waals surface area contributed by atoms with Gasteiger partial charge in [-0.1, -0.05) is 23.1 Å². The van der Waals surface area contributed by atoms with Crippen LogP contribution in [0.2, 0.25) is 4.34 Å². The minimum atomic E-state index is -3.59. The zero-order chi connectivity index (χ0) is 21.3. The third-order valence-corrected chi connectivity index (χ3v) is 8.14. The van der Waals surface area contributed by atoms with E-state index < -0.39 is 15.9 Å². The van der Waals surface area contributed by atoms with E-state index >= 15 is 0 Å². The lowest BCUT2D eigenvalue weighted by molar-refractivity contribution is 0.102. The molecule has 1 atom stereocenters. The number of hydrogen-bond acceptors (Lipinski definition) is 7. The number of benzene rings is 1. The van der Waals surface area contributed by atoms with Crippen LogP contribution in [-0.2, 0) is 10.0 Å². The van der Waals surface area contributed by atoms with Gasteiger partial charge in [-0.2, -0.15) is 4.31 Å². The number of rotatable bonds is 5. The summed E-state index contributed by atoms with van der Waals surface area (Å²) in [5.41, 5.74) is 0.277. The highest BCUT2D eigenvalue weighted by atomic mass is 35.5. The lowest BCUT2D eigenvalue weighted by Crippen LogP contribution is -2.41. The van der Waals surface area contributed by atoms with Gasteiger partial charge in [0, 0.05) is 18.2 Å². The molecule has 0 spiro atoms. The third kappa shape index (κ3) is 4.27. The van der Waals surface area contributed by atoms with Gasteiger partial charge < -0.3 is 4.42 Å². The Morgan fingerprint density at radius 2 is 1.97 bits per heavy atom. The number of hydrogen-bond donors (Lipinski definition) is 1.